The van der Waals surface area contributed by atoms with Crippen LogP contribution >= 0.6 is 11.8 Å². The highest BCUT2D eigenvalue weighted by atomic mass is 32.2. The van der Waals surface area contributed by atoms with Crippen LogP contribution in [0, 0.1) is 11.8 Å². The number of ether oxygens (including phenoxy) is 1. The van der Waals surface area contributed by atoms with E-state index in [1.807, 2.05) is 18.2 Å². The molecule has 2 rings (SSSR count). The molecule has 1 fully saturated rings. The Morgan fingerprint density at radius 3 is 2.91 bits per heavy atom. The Hall–Kier alpha value is -1.20. The molecule has 1 aromatic carbocycles. The minimum Gasteiger partial charge on any atom is -0.378 e. The summed E-state index contributed by atoms with van der Waals surface area (Å²) in [5.74, 6) is 1.77. The highest BCUT2D eigenvalue weighted by molar-refractivity contribution is 7.97. The van der Waals surface area contributed by atoms with Crippen molar-refractivity contribution in [3.8, 4) is 0 Å². The highest BCUT2D eigenvalue weighted by Gasteiger charge is 2.28. The van der Waals surface area contributed by atoms with Crippen molar-refractivity contribution in [2.24, 2.45) is 11.8 Å². The van der Waals surface area contributed by atoms with Crippen LogP contribution in [0.2, 0.25) is 0 Å². The van der Waals surface area contributed by atoms with E-state index in [0.717, 1.165) is 36.5 Å². The first kappa shape index (κ1) is 18.1. The standard InChI is InChI=1S/C18H28N2O2S/c1-13(2)17-14(8-6-10-22-17)11-19-18(21)20-16-9-5-4-7-15(16)12-23-3/h4-5,7,9,13-14,17H,6,8,10-12H2,1-3H3,(H2,19,20,21). The molecule has 0 bridgehead atoms. The molecule has 128 valence electrons. The van der Waals surface area contributed by atoms with Crippen LogP contribution in [-0.4, -0.2) is 31.5 Å². The van der Waals surface area contributed by atoms with Crippen LogP contribution in [0.3, 0.4) is 0 Å². The van der Waals surface area contributed by atoms with Crippen LogP contribution in [-0.2, 0) is 10.5 Å². The van der Waals surface area contributed by atoms with Gasteiger partial charge in [0.2, 0.25) is 0 Å². The van der Waals surface area contributed by atoms with Gasteiger partial charge in [-0.1, -0.05) is 32.0 Å². The van der Waals surface area contributed by atoms with Gasteiger partial charge in [-0.25, -0.2) is 4.79 Å². The first-order chi connectivity index (χ1) is 11.1. The zero-order chi connectivity index (χ0) is 16.7. The molecule has 0 aliphatic carbocycles. The number of nitrogens with one attached hydrogen (secondary N) is 2. The molecule has 23 heavy (non-hydrogen) atoms. The average Bonchev–Trinajstić information content (AvgIpc) is 2.55. The number of hydrogen-bond donors (Lipinski definition) is 2. The molecular weight excluding hydrogens is 308 g/mol. The molecule has 0 saturated carbocycles. The van der Waals surface area contributed by atoms with Crippen molar-refractivity contribution in [2.45, 2.75) is 38.5 Å². The van der Waals surface area contributed by atoms with Gasteiger partial charge in [0.15, 0.2) is 0 Å². The fraction of sp³-hybridized carbons (Fsp3) is 0.611. The Morgan fingerprint density at radius 1 is 1.39 bits per heavy atom. The van der Waals surface area contributed by atoms with E-state index in [1.165, 1.54) is 0 Å². The van der Waals surface area contributed by atoms with E-state index in [9.17, 15) is 4.79 Å². The largest absolute Gasteiger partial charge is 0.378 e. The van der Waals surface area contributed by atoms with Gasteiger partial charge in [-0.05, 0) is 36.6 Å². The number of anilines is 1. The Labute approximate surface area is 143 Å². The number of carbonyl (C=O) groups is 1. The number of thioether (sulfide) groups is 1. The molecule has 0 radical (unpaired) electrons. The predicted molar refractivity (Wildman–Crippen MR) is 98.0 cm³/mol. The summed E-state index contributed by atoms with van der Waals surface area (Å²) in [5, 5.41) is 5.99. The smallest absolute Gasteiger partial charge is 0.319 e. The molecule has 5 heteroatoms. The highest BCUT2D eigenvalue weighted by Crippen LogP contribution is 2.26. The zero-order valence-corrected chi connectivity index (χ0v) is 15.1. The quantitative estimate of drug-likeness (QED) is 0.821. The van der Waals surface area contributed by atoms with Crippen LogP contribution in [0.1, 0.15) is 32.3 Å². The summed E-state index contributed by atoms with van der Waals surface area (Å²) >= 11 is 1.75. The molecule has 0 aromatic heterocycles. The fourth-order valence-electron chi connectivity index (χ4n) is 3.13. The lowest BCUT2D eigenvalue weighted by atomic mass is 9.87. The molecule has 1 aromatic rings. The van der Waals surface area contributed by atoms with Gasteiger partial charge in [-0.3, -0.25) is 0 Å². The lowest BCUT2D eigenvalue weighted by Gasteiger charge is -2.34. The summed E-state index contributed by atoms with van der Waals surface area (Å²) in [4.78, 5) is 12.2. The molecule has 1 heterocycles. The van der Waals surface area contributed by atoms with Gasteiger partial charge in [0, 0.05) is 30.5 Å². The van der Waals surface area contributed by atoms with E-state index in [0.29, 0.717) is 18.4 Å². The third kappa shape index (κ3) is 5.43. The summed E-state index contributed by atoms with van der Waals surface area (Å²) < 4.78 is 5.88. The fourth-order valence-corrected chi connectivity index (χ4v) is 3.70. The van der Waals surface area contributed by atoms with E-state index < -0.39 is 0 Å². The normalized spacial score (nSPS) is 21.2. The number of hydrogen-bond acceptors (Lipinski definition) is 3. The Bertz CT molecular complexity index is 508. The average molecular weight is 337 g/mol. The SMILES string of the molecule is CSCc1ccccc1NC(=O)NCC1CCCOC1C(C)C. The maximum atomic E-state index is 12.2. The lowest BCUT2D eigenvalue weighted by Crippen LogP contribution is -2.42. The van der Waals surface area contributed by atoms with Crippen molar-refractivity contribution in [3.05, 3.63) is 29.8 Å². The van der Waals surface area contributed by atoms with E-state index in [1.54, 1.807) is 11.8 Å². The summed E-state index contributed by atoms with van der Waals surface area (Å²) in [7, 11) is 0. The molecule has 1 aliphatic rings. The van der Waals surface area contributed by atoms with Crippen LogP contribution in [0.4, 0.5) is 10.5 Å². The van der Waals surface area contributed by atoms with Gasteiger partial charge < -0.3 is 15.4 Å². The second-order valence-corrected chi connectivity index (χ2v) is 7.27. The van der Waals surface area contributed by atoms with E-state index in [4.69, 9.17) is 4.74 Å². The van der Waals surface area contributed by atoms with E-state index in [2.05, 4.69) is 36.8 Å². The zero-order valence-electron chi connectivity index (χ0n) is 14.3. The topological polar surface area (TPSA) is 50.4 Å². The third-order valence-corrected chi connectivity index (χ3v) is 4.84. The van der Waals surface area contributed by atoms with Crippen molar-refractivity contribution >= 4 is 23.5 Å². The molecule has 4 nitrogen and oxygen atoms in total. The van der Waals surface area contributed by atoms with Crippen molar-refractivity contribution in [2.75, 3.05) is 24.7 Å². The predicted octanol–water partition coefficient (Wildman–Crippen LogP) is 4.12. The van der Waals surface area contributed by atoms with Gasteiger partial charge in [0.05, 0.1) is 6.10 Å². The Morgan fingerprint density at radius 2 is 2.17 bits per heavy atom. The van der Waals surface area contributed by atoms with Crippen LogP contribution in [0.15, 0.2) is 24.3 Å². The second-order valence-electron chi connectivity index (χ2n) is 6.41. The summed E-state index contributed by atoms with van der Waals surface area (Å²) in [6, 6.07) is 7.82. The van der Waals surface area contributed by atoms with Gasteiger partial charge in [0.1, 0.15) is 0 Å². The number of benzene rings is 1. The number of para-hydroxylation sites is 1. The minimum absolute atomic E-state index is 0.133. The first-order valence-corrected chi connectivity index (χ1v) is 9.74. The first-order valence-electron chi connectivity index (χ1n) is 8.35. The minimum atomic E-state index is -0.133. The third-order valence-electron chi connectivity index (χ3n) is 4.24. The Kier molecular flexibility index (Phi) is 7.24. The number of carbonyl (C=O) groups excluding carboxylic acids is 1. The monoisotopic (exact) mass is 336 g/mol. The van der Waals surface area contributed by atoms with Gasteiger partial charge in [0.25, 0.3) is 0 Å². The van der Waals surface area contributed by atoms with Crippen molar-refractivity contribution < 1.29 is 9.53 Å². The Balaban J connectivity index is 1.87. The molecule has 2 atom stereocenters. The molecule has 2 N–H and O–H groups in total. The molecule has 2 amide bonds. The summed E-state index contributed by atoms with van der Waals surface area (Å²) in [5.41, 5.74) is 2.04. The maximum absolute atomic E-state index is 12.2. The summed E-state index contributed by atoms with van der Waals surface area (Å²) in [6.07, 6.45) is 4.50. The van der Waals surface area contributed by atoms with Crippen molar-refractivity contribution in [1.82, 2.24) is 5.32 Å². The second kappa shape index (κ2) is 9.18. The van der Waals surface area contributed by atoms with Gasteiger partial charge in [-0.15, -0.1) is 0 Å². The lowest BCUT2D eigenvalue weighted by molar-refractivity contribution is -0.0507. The molecule has 1 saturated heterocycles. The molecule has 0 spiro atoms. The molecule has 1 aliphatic heterocycles. The van der Waals surface area contributed by atoms with E-state index >= 15 is 0 Å². The maximum Gasteiger partial charge on any atom is 0.319 e. The van der Waals surface area contributed by atoms with Crippen LogP contribution < -0.4 is 10.6 Å². The number of rotatable bonds is 6. The summed E-state index contributed by atoms with van der Waals surface area (Å²) in [6.45, 7) is 5.87. The van der Waals surface area contributed by atoms with Crippen molar-refractivity contribution in [3.63, 3.8) is 0 Å². The van der Waals surface area contributed by atoms with Crippen molar-refractivity contribution in [1.29, 1.82) is 0 Å². The number of amides is 2. The van der Waals surface area contributed by atoms with Gasteiger partial charge >= 0.3 is 6.03 Å². The number of urea groups is 1. The molecular formula is C18H28N2O2S. The van der Waals surface area contributed by atoms with Crippen LogP contribution in [0.5, 0.6) is 0 Å². The van der Waals surface area contributed by atoms with Crippen LogP contribution in [0.25, 0.3) is 0 Å². The molecule has 2 unspecified atom stereocenters. The van der Waals surface area contributed by atoms with Gasteiger partial charge in [-0.2, -0.15) is 11.8 Å². The van der Waals surface area contributed by atoms with E-state index in [-0.39, 0.29) is 12.1 Å².